The lowest BCUT2D eigenvalue weighted by atomic mass is 10.3. The Morgan fingerprint density at radius 2 is 1.80 bits per heavy atom. The van der Waals surface area contributed by atoms with Crippen LogP contribution in [0.25, 0.3) is 0 Å². The number of rotatable bonds is 8. The van der Waals surface area contributed by atoms with Crippen LogP contribution >= 0.6 is 24.0 Å². The van der Waals surface area contributed by atoms with Gasteiger partial charge in [-0.05, 0) is 32.4 Å². The highest BCUT2D eigenvalue weighted by molar-refractivity contribution is 14.0. The maximum absolute atomic E-state index is 11.7. The first-order valence-electron chi connectivity index (χ1n) is 8.41. The number of para-hydroxylation sites is 1. The van der Waals surface area contributed by atoms with Crippen molar-refractivity contribution in [3.05, 3.63) is 30.3 Å². The highest BCUT2D eigenvalue weighted by Gasteiger charge is 2.06. The fraction of sp³-hybridized carbons (Fsp3) is 0.556. The van der Waals surface area contributed by atoms with Crippen LogP contribution < -0.4 is 15.5 Å². The molecule has 0 radical (unpaired) electrons. The molecule has 1 aromatic carbocycles. The Hall–Kier alpha value is -1.51. The van der Waals surface area contributed by atoms with E-state index in [4.69, 9.17) is 0 Å². The van der Waals surface area contributed by atoms with Crippen LogP contribution in [-0.4, -0.2) is 63.6 Å². The van der Waals surface area contributed by atoms with Gasteiger partial charge in [-0.15, -0.1) is 24.0 Å². The summed E-state index contributed by atoms with van der Waals surface area (Å²) in [5.41, 5.74) is 1.21. The van der Waals surface area contributed by atoms with Crippen molar-refractivity contribution in [3.63, 3.8) is 0 Å². The smallest absolute Gasteiger partial charge is 0.243 e. The molecule has 0 saturated carbocycles. The van der Waals surface area contributed by atoms with Crippen LogP contribution in [0.2, 0.25) is 0 Å². The lowest BCUT2D eigenvalue weighted by Gasteiger charge is -2.20. The molecule has 0 aliphatic carbocycles. The van der Waals surface area contributed by atoms with Gasteiger partial charge in [0.05, 0.1) is 0 Å². The van der Waals surface area contributed by atoms with E-state index in [0.717, 1.165) is 19.5 Å². The number of nitrogens with one attached hydrogen (secondary N) is 2. The third-order valence-electron chi connectivity index (χ3n) is 3.46. The quantitative estimate of drug-likeness (QED) is 0.270. The lowest BCUT2D eigenvalue weighted by molar-refractivity contribution is -0.127. The summed E-state index contributed by atoms with van der Waals surface area (Å²) < 4.78 is 0. The summed E-state index contributed by atoms with van der Waals surface area (Å²) in [5, 5.41) is 6.54. The molecule has 0 atom stereocenters. The standard InChI is InChI=1S/C18H31N5O.HI/c1-15(2)21-18(20-14-17(24)22(3)4)19-12-9-13-23(5)16-10-7-6-8-11-16;/h6-8,10-11,15H,9,12-14H2,1-5H3,(H2,19,20,21);1H. The minimum Gasteiger partial charge on any atom is -0.375 e. The van der Waals surface area contributed by atoms with Gasteiger partial charge in [-0.3, -0.25) is 4.79 Å². The Bertz CT molecular complexity index is 519. The topological polar surface area (TPSA) is 60.0 Å². The van der Waals surface area contributed by atoms with Crippen LogP contribution in [0, 0.1) is 0 Å². The average molecular weight is 461 g/mol. The monoisotopic (exact) mass is 461 g/mol. The van der Waals surface area contributed by atoms with E-state index in [-0.39, 0.29) is 42.5 Å². The Labute approximate surface area is 169 Å². The van der Waals surface area contributed by atoms with Crippen LogP contribution in [0.1, 0.15) is 20.3 Å². The van der Waals surface area contributed by atoms with Crippen LogP contribution in [-0.2, 0) is 4.79 Å². The average Bonchev–Trinajstić information content (AvgIpc) is 2.55. The fourth-order valence-electron chi connectivity index (χ4n) is 2.05. The van der Waals surface area contributed by atoms with Gasteiger partial charge in [0.25, 0.3) is 0 Å². The molecule has 25 heavy (non-hydrogen) atoms. The molecule has 2 N–H and O–H groups in total. The molecule has 0 spiro atoms. The predicted molar refractivity (Wildman–Crippen MR) is 117 cm³/mol. The molecule has 6 nitrogen and oxygen atoms in total. The maximum atomic E-state index is 11.7. The summed E-state index contributed by atoms with van der Waals surface area (Å²) in [6, 6.07) is 10.6. The number of amides is 1. The number of hydrogen-bond donors (Lipinski definition) is 2. The molecule has 0 bridgehead atoms. The molecule has 0 heterocycles. The van der Waals surface area contributed by atoms with Gasteiger partial charge in [-0.1, -0.05) is 18.2 Å². The van der Waals surface area contributed by atoms with Gasteiger partial charge < -0.3 is 20.4 Å². The molecule has 0 saturated heterocycles. The number of guanidine groups is 1. The molecule has 0 aliphatic heterocycles. The third kappa shape index (κ3) is 10.2. The zero-order valence-electron chi connectivity index (χ0n) is 16.0. The van der Waals surface area contributed by atoms with E-state index in [1.54, 1.807) is 19.0 Å². The second-order valence-electron chi connectivity index (χ2n) is 6.29. The van der Waals surface area contributed by atoms with E-state index in [2.05, 4.69) is 39.7 Å². The fourth-order valence-corrected chi connectivity index (χ4v) is 2.05. The Morgan fingerprint density at radius 1 is 1.16 bits per heavy atom. The van der Waals surface area contributed by atoms with Crippen molar-refractivity contribution in [3.8, 4) is 0 Å². The van der Waals surface area contributed by atoms with Gasteiger partial charge in [0.1, 0.15) is 6.54 Å². The predicted octanol–water partition coefficient (Wildman–Crippen LogP) is 2.16. The molecule has 1 amide bonds. The first-order valence-corrected chi connectivity index (χ1v) is 8.41. The molecular formula is C18H32IN5O. The summed E-state index contributed by atoms with van der Waals surface area (Å²) in [5.74, 6) is 0.672. The van der Waals surface area contributed by atoms with E-state index < -0.39 is 0 Å². The summed E-state index contributed by atoms with van der Waals surface area (Å²) in [6.45, 7) is 6.00. The summed E-state index contributed by atoms with van der Waals surface area (Å²) in [4.78, 5) is 19.8. The zero-order valence-corrected chi connectivity index (χ0v) is 18.3. The molecule has 0 aromatic heterocycles. The van der Waals surface area contributed by atoms with Gasteiger partial charge in [0.2, 0.25) is 5.91 Å². The number of carbonyl (C=O) groups is 1. The second-order valence-corrected chi connectivity index (χ2v) is 6.29. The summed E-state index contributed by atoms with van der Waals surface area (Å²) in [6.07, 6.45) is 0.978. The van der Waals surface area contributed by atoms with Crippen LogP contribution in [0.15, 0.2) is 35.3 Å². The molecule has 0 aliphatic rings. The molecular weight excluding hydrogens is 429 g/mol. The SMILES string of the molecule is CC(C)NC(=NCC(=O)N(C)C)NCCCN(C)c1ccccc1.I. The first-order chi connectivity index (χ1) is 11.4. The van der Waals surface area contributed by atoms with Gasteiger partial charge >= 0.3 is 0 Å². The van der Waals surface area contributed by atoms with Gasteiger partial charge in [0, 0.05) is 46.0 Å². The van der Waals surface area contributed by atoms with Gasteiger partial charge in [-0.2, -0.15) is 0 Å². The molecule has 7 heteroatoms. The number of anilines is 1. The minimum atomic E-state index is -0.0105. The van der Waals surface area contributed by atoms with Crippen molar-refractivity contribution in [2.24, 2.45) is 4.99 Å². The number of likely N-dealkylation sites (N-methyl/N-ethyl adjacent to an activating group) is 1. The first kappa shape index (κ1) is 23.5. The van der Waals surface area contributed by atoms with E-state index in [0.29, 0.717) is 5.96 Å². The largest absolute Gasteiger partial charge is 0.375 e. The molecule has 1 aromatic rings. The summed E-state index contributed by atoms with van der Waals surface area (Å²) in [7, 11) is 5.56. The molecule has 0 unspecified atom stereocenters. The highest BCUT2D eigenvalue weighted by atomic mass is 127. The number of halogens is 1. The minimum absolute atomic E-state index is 0. The third-order valence-corrected chi connectivity index (χ3v) is 3.46. The zero-order chi connectivity index (χ0) is 17.9. The Kier molecular flexibility index (Phi) is 12.0. The normalized spacial score (nSPS) is 10.9. The van der Waals surface area contributed by atoms with Crippen molar-refractivity contribution in [2.45, 2.75) is 26.3 Å². The summed E-state index contributed by atoms with van der Waals surface area (Å²) >= 11 is 0. The molecule has 142 valence electrons. The van der Waals surface area contributed by atoms with Crippen molar-refractivity contribution >= 4 is 41.5 Å². The van der Waals surface area contributed by atoms with Crippen molar-refractivity contribution in [1.82, 2.24) is 15.5 Å². The lowest BCUT2D eigenvalue weighted by Crippen LogP contribution is -2.42. The van der Waals surface area contributed by atoms with E-state index in [9.17, 15) is 4.79 Å². The van der Waals surface area contributed by atoms with E-state index in [1.165, 1.54) is 5.69 Å². The molecule has 1 rings (SSSR count). The van der Waals surface area contributed by atoms with Crippen molar-refractivity contribution in [1.29, 1.82) is 0 Å². The van der Waals surface area contributed by atoms with E-state index >= 15 is 0 Å². The van der Waals surface area contributed by atoms with Crippen molar-refractivity contribution < 1.29 is 4.79 Å². The Morgan fingerprint density at radius 3 is 2.36 bits per heavy atom. The Balaban J connectivity index is 0.00000576. The number of hydrogen-bond acceptors (Lipinski definition) is 3. The van der Waals surface area contributed by atoms with Crippen LogP contribution in [0.4, 0.5) is 5.69 Å². The maximum Gasteiger partial charge on any atom is 0.243 e. The molecule has 0 fully saturated rings. The van der Waals surface area contributed by atoms with Crippen molar-refractivity contribution in [2.75, 3.05) is 45.7 Å². The number of carbonyl (C=O) groups excluding carboxylic acids is 1. The second kappa shape index (κ2) is 12.8. The van der Waals surface area contributed by atoms with Gasteiger partial charge in [0.15, 0.2) is 5.96 Å². The van der Waals surface area contributed by atoms with Gasteiger partial charge in [-0.25, -0.2) is 4.99 Å². The number of aliphatic imine (C=N–C) groups is 1. The highest BCUT2D eigenvalue weighted by Crippen LogP contribution is 2.10. The number of nitrogens with zero attached hydrogens (tertiary/aromatic N) is 3. The van der Waals surface area contributed by atoms with Crippen LogP contribution in [0.3, 0.4) is 0 Å². The number of benzene rings is 1. The van der Waals surface area contributed by atoms with E-state index in [1.807, 2.05) is 32.0 Å². The van der Waals surface area contributed by atoms with Crippen LogP contribution in [0.5, 0.6) is 0 Å².